The number of pyridine rings is 1. The van der Waals surface area contributed by atoms with Crippen LogP contribution in [0.5, 0.6) is 11.5 Å². The summed E-state index contributed by atoms with van der Waals surface area (Å²) in [4.78, 5) is 0. The zero-order valence-electron chi connectivity index (χ0n) is 9.81. The molecule has 18 heavy (non-hydrogen) atoms. The van der Waals surface area contributed by atoms with Gasteiger partial charge in [-0.1, -0.05) is 0 Å². The third-order valence-corrected chi connectivity index (χ3v) is 2.42. The van der Waals surface area contributed by atoms with Gasteiger partial charge in [-0.15, -0.1) is 0 Å². The van der Waals surface area contributed by atoms with E-state index in [2.05, 4.69) is 0 Å². The van der Waals surface area contributed by atoms with Crippen LogP contribution in [-0.2, 0) is 6.54 Å². The SMILES string of the molecule is COc1ccc(C[n+]2cccc(O)c2)cc1F.[Cl-]. The van der Waals surface area contributed by atoms with Crippen molar-refractivity contribution in [3.05, 3.63) is 54.1 Å². The molecule has 3 nitrogen and oxygen atoms in total. The molecule has 0 aliphatic carbocycles. The summed E-state index contributed by atoms with van der Waals surface area (Å²) in [5.41, 5.74) is 0.805. The summed E-state index contributed by atoms with van der Waals surface area (Å²) in [6.45, 7) is 0.495. The minimum atomic E-state index is -0.384. The molecule has 0 amide bonds. The second kappa shape index (κ2) is 6.21. The number of methoxy groups -OCH3 is 1. The molecule has 0 radical (unpaired) electrons. The molecule has 0 bridgehead atoms. The van der Waals surface area contributed by atoms with Crippen LogP contribution in [-0.4, -0.2) is 12.2 Å². The Balaban J connectivity index is 0.00000162. The number of benzene rings is 1. The highest BCUT2D eigenvalue weighted by atomic mass is 35.5. The zero-order valence-corrected chi connectivity index (χ0v) is 10.6. The van der Waals surface area contributed by atoms with Gasteiger partial charge in [0, 0.05) is 11.6 Å². The van der Waals surface area contributed by atoms with Gasteiger partial charge in [0.05, 0.1) is 7.11 Å². The summed E-state index contributed by atoms with van der Waals surface area (Å²) in [6, 6.07) is 8.13. The lowest BCUT2D eigenvalue weighted by Gasteiger charge is -2.03. The first kappa shape index (κ1) is 14.3. The summed E-state index contributed by atoms with van der Waals surface area (Å²) < 4.78 is 20.1. The highest BCUT2D eigenvalue weighted by Crippen LogP contribution is 2.17. The molecule has 0 aliphatic heterocycles. The van der Waals surface area contributed by atoms with Crippen molar-refractivity contribution in [2.24, 2.45) is 0 Å². The van der Waals surface area contributed by atoms with Crippen LogP contribution in [0.2, 0.25) is 0 Å². The molecular formula is C13H13ClFNO2. The molecule has 0 spiro atoms. The highest BCUT2D eigenvalue weighted by Gasteiger charge is 2.07. The molecule has 2 rings (SSSR count). The fourth-order valence-corrected chi connectivity index (χ4v) is 1.63. The van der Waals surface area contributed by atoms with Crippen molar-refractivity contribution in [2.45, 2.75) is 6.54 Å². The van der Waals surface area contributed by atoms with E-state index in [0.29, 0.717) is 6.54 Å². The van der Waals surface area contributed by atoms with Gasteiger partial charge in [0.25, 0.3) is 0 Å². The van der Waals surface area contributed by atoms with Gasteiger partial charge < -0.3 is 22.3 Å². The van der Waals surface area contributed by atoms with Crippen LogP contribution in [0, 0.1) is 5.82 Å². The van der Waals surface area contributed by atoms with Crippen molar-refractivity contribution in [1.29, 1.82) is 0 Å². The molecule has 0 unspecified atom stereocenters. The molecule has 0 saturated heterocycles. The van der Waals surface area contributed by atoms with Gasteiger partial charge >= 0.3 is 0 Å². The molecule has 1 aromatic carbocycles. The van der Waals surface area contributed by atoms with Crippen molar-refractivity contribution >= 4 is 0 Å². The fourth-order valence-electron chi connectivity index (χ4n) is 1.63. The summed E-state index contributed by atoms with van der Waals surface area (Å²) in [7, 11) is 1.43. The van der Waals surface area contributed by atoms with Gasteiger partial charge in [-0.3, -0.25) is 0 Å². The van der Waals surface area contributed by atoms with E-state index in [1.165, 1.54) is 13.2 Å². The molecule has 0 atom stereocenters. The van der Waals surface area contributed by atoms with Crippen LogP contribution in [0.15, 0.2) is 42.7 Å². The van der Waals surface area contributed by atoms with Crippen LogP contribution in [0.25, 0.3) is 0 Å². The first-order valence-corrected chi connectivity index (χ1v) is 5.19. The third kappa shape index (κ3) is 3.34. The average Bonchev–Trinajstić information content (AvgIpc) is 2.29. The molecule has 0 aliphatic rings. The first-order chi connectivity index (χ1) is 8.19. The van der Waals surface area contributed by atoms with E-state index in [-0.39, 0.29) is 29.7 Å². The lowest BCUT2D eigenvalue weighted by Crippen LogP contribution is -3.00. The van der Waals surface area contributed by atoms with E-state index in [0.717, 1.165) is 5.56 Å². The fraction of sp³-hybridized carbons (Fsp3) is 0.154. The summed E-state index contributed by atoms with van der Waals surface area (Å²) in [5, 5.41) is 9.31. The maximum absolute atomic E-state index is 13.4. The molecule has 1 N–H and O–H groups in total. The minimum absolute atomic E-state index is 0. The van der Waals surface area contributed by atoms with Crippen LogP contribution >= 0.6 is 0 Å². The monoisotopic (exact) mass is 269 g/mol. The minimum Gasteiger partial charge on any atom is -1.00 e. The number of hydrogen-bond acceptors (Lipinski definition) is 2. The maximum Gasteiger partial charge on any atom is 0.211 e. The molecule has 96 valence electrons. The highest BCUT2D eigenvalue weighted by molar-refractivity contribution is 5.28. The second-order valence-electron chi connectivity index (χ2n) is 3.70. The van der Waals surface area contributed by atoms with E-state index in [4.69, 9.17) is 4.74 Å². The van der Waals surface area contributed by atoms with Gasteiger partial charge in [0.1, 0.15) is 0 Å². The van der Waals surface area contributed by atoms with E-state index >= 15 is 0 Å². The standard InChI is InChI=1S/C13H12FNO2.ClH/c1-17-13-5-4-10(7-12(13)14)8-15-6-2-3-11(16)9-15;/h2-7,9H,8H2,1H3;1H. The topological polar surface area (TPSA) is 33.3 Å². The second-order valence-corrected chi connectivity index (χ2v) is 3.70. The number of hydrogen-bond donors (Lipinski definition) is 1. The Labute approximate surface area is 111 Å². The first-order valence-electron chi connectivity index (χ1n) is 5.19. The summed E-state index contributed by atoms with van der Waals surface area (Å²) in [5.74, 6) is 0.0295. The van der Waals surface area contributed by atoms with Crippen molar-refractivity contribution in [3.8, 4) is 11.5 Å². The lowest BCUT2D eigenvalue weighted by molar-refractivity contribution is -0.688. The van der Waals surface area contributed by atoms with Crippen molar-refractivity contribution < 1.29 is 31.2 Å². The van der Waals surface area contributed by atoms with Gasteiger partial charge in [-0.25, -0.2) is 4.39 Å². The van der Waals surface area contributed by atoms with Crippen LogP contribution in [0.1, 0.15) is 5.56 Å². The Hall–Kier alpha value is -1.81. The Bertz CT molecular complexity index is 534. The van der Waals surface area contributed by atoms with Crippen LogP contribution < -0.4 is 21.7 Å². The molecule has 1 aromatic heterocycles. The number of nitrogens with zero attached hydrogens (tertiary/aromatic N) is 1. The summed E-state index contributed by atoms with van der Waals surface area (Å²) >= 11 is 0. The molecule has 5 heteroatoms. The van der Waals surface area contributed by atoms with E-state index < -0.39 is 0 Å². The Morgan fingerprint density at radius 1 is 1.33 bits per heavy atom. The molecule has 0 saturated carbocycles. The third-order valence-electron chi connectivity index (χ3n) is 2.42. The van der Waals surface area contributed by atoms with Gasteiger partial charge in [0.15, 0.2) is 30.1 Å². The van der Waals surface area contributed by atoms with Gasteiger partial charge in [-0.05, 0) is 24.3 Å². The normalized spacial score (nSPS) is 9.67. The quantitative estimate of drug-likeness (QED) is 0.716. The lowest BCUT2D eigenvalue weighted by atomic mass is 10.2. The smallest absolute Gasteiger partial charge is 0.211 e. The number of aromatic nitrogens is 1. The maximum atomic E-state index is 13.4. The Morgan fingerprint density at radius 2 is 2.11 bits per heavy atom. The zero-order chi connectivity index (χ0) is 12.3. The Morgan fingerprint density at radius 3 is 2.72 bits per heavy atom. The molecule has 2 aromatic rings. The number of halogens is 2. The van der Waals surface area contributed by atoms with Crippen molar-refractivity contribution in [1.82, 2.24) is 0 Å². The predicted molar refractivity (Wildman–Crippen MR) is 60.4 cm³/mol. The molecule has 0 fully saturated rings. The van der Waals surface area contributed by atoms with Crippen LogP contribution in [0.4, 0.5) is 4.39 Å². The number of aromatic hydroxyl groups is 1. The summed E-state index contributed by atoms with van der Waals surface area (Å²) in [6.07, 6.45) is 3.39. The largest absolute Gasteiger partial charge is 1.00 e. The van der Waals surface area contributed by atoms with E-state index in [9.17, 15) is 9.50 Å². The number of ether oxygens (including phenoxy) is 1. The average molecular weight is 270 g/mol. The van der Waals surface area contributed by atoms with Gasteiger partial charge in [0.2, 0.25) is 6.20 Å². The number of rotatable bonds is 3. The van der Waals surface area contributed by atoms with Crippen LogP contribution in [0.3, 0.4) is 0 Å². The van der Waals surface area contributed by atoms with Crippen molar-refractivity contribution in [2.75, 3.05) is 7.11 Å². The predicted octanol–water partition coefficient (Wildman–Crippen LogP) is -1.12. The van der Waals surface area contributed by atoms with E-state index in [1.807, 2.05) is 6.20 Å². The molecular weight excluding hydrogens is 257 g/mol. The van der Waals surface area contributed by atoms with Gasteiger partial charge in [-0.2, -0.15) is 4.57 Å². The van der Waals surface area contributed by atoms with Crippen molar-refractivity contribution in [3.63, 3.8) is 0 Å². The molecule has 1 heterocycles. The van der Waals surface area contributed by atoms with E-state index in [1.54, 1.807) is 35.0 Å². The Kier molecular flexibility index (Phi) is 4.92.